The van der Waals surface area contributed by atoms with E-state index in [-0.39, 0.29) is 0 Å². The van der Waals surface area contributed by atoms with Crippen molar-refractivity contribution in [3.63, 3.8) is 0 Å². The number of benzene rings is 2. The smallest absolute Gasteiger partial charge is 0.258 e. The van der Waals surface area contributed by atoms with Crippen molar-refractivity contribution in [2.45, 2.75) is 12.0 Å². The van der Waals surface area contributed by atoms with Crippen LogP contribution in [0.15, 0.2) is 54.6 Å². The molecule has 0 aliphatic rings. The number of nitrogens with zero attached hydrogens (tertiary/aromatic N) is 1. The van der Waals surface area contributed by atoms with Gasteiger partial charge in [-0.1, -0.05) is 54.6 Å². The molecule has 0 bridgehead atoms. The van der Waals surface area contributed by atoms with Gasteiger partial charge in [0.25, 0.3) is 5.91 Å². The molecule has 0 aromatic heterocycles. The molecule has 2 aromatic carbocycles. The highest BCUT2D eigenvalue weighted by Gasteiger charge is 2.39. The minimum atomic E-state index is -1.82. The zero-order chi connectivity index (χ0) is 16.2. The first-order valence-corrected chi connectivity index (χ1v) is 7.27. The SMILES string of the molecule is CN(C)CCc1ccccc1C(O)(C(N)=O)c1ccccc1. The molecule has 0 radical (unpaired) electrons. The van der Waals surface area contributed by atoms with E-state index in [4.69, 9.17) is 5.73 Å². The van der Waals surface area contributed by atoms with Gasteiger partial charge in [-0.15, -0.1) is 0 Å². The summed E-state index contributed by atoms with van der Waals surface area (Å²) >= 11 is 0. The lowest BCUT2D eigenvalue weighted by Crippen LogP contribution is -2.43. The van der Waals surface area contributed by atoms with Gasteiger partial charge in [-0.25, -0.2) is 0 Å². The number of aliphatic hydroxyl groups is 1. The van der Waals surface area contributed by atoms with Crippen LogP contribution < -0.4 is 5.73 Å². The monoisotopic (exact) mass is 298 g/mol. The summed E-state index contributed by atoms with van der Waals surface area (Å²) in [6.45, 7) is 0.820. The minimum Gasteiger partial charge on any atom is -0.372 e. The van der Waals surface area contributed by atoms with E-state index in [1.165, 1.54) is 0 Å². The van der Waals surface area contributed by atoms with Gasteiger partial charge < -0.3 is 15.7 Å². The molecule has 4 heteroatoms. The predicted molar refractivity (Wildman–Crippen MR) is 87.3 cm³/mol. The number of carbonyl (C=O) groups excluding carboxylic acids is 1. The van der Waals surface area contributed by atoms with E-state index in [1.54, 1.807) is 30.3 Å². The van der Waals surface area contributed by atoms with Crippen LogP contribution in [-0.4, -0.2) is 36.6 Å². The van der Waals surface area contributed by atoms with Crippen molar-refractivity contribution in [1.82, 2.24) is 4.90 Å². The summed E-state index contributed by atoms with van der Waals surface area (Å²) in [6, 6.07) is 16.2. The molecule has 0 fully saturated rings. The molecule has 1 unspecified atom stereocenters. The third kappa shape index (κ3) is 3.18. The zero-order valence-electron chi connectivity index (χ0n) is 13.0. The number of primary amides is 1. The predicted octanol–water partition coefficient (Wildman–Crippen LogP) is 1.51. The molecule has 2 rings (SSSR count). The van der Waals surface area contributed by atoms with E-state index in [0.717, 1.165) is 18.5 Å². The molecule has 0 saturated heterocycles. The second kappa shape index (κ2) is 6.73. The van der Waals surface area contributed by atoms with E-state index in [1.807, 2.05) is 38.4 Å². The Morgan fingerprint density at radius 1 is 1.09 bits per heavy atom. The minimum absolute atomic E-state index is 0.486. The third-order valence-corrected chi connectivity index (χ3v) is 3.78. The van der Waals surface area contributed by atoms with Crippen LogP contribution in [0.1, 0.15) is 16.7 Å². The molecular weight excluding hydrogens is 276 g/mol. The molecule has 2 aromatic rings. The molecule has 4 nitrogen and oxygen atoms in total. The molecule has 0 saturated carbocycles. The van der Waals surface area contributed by atoms with Crippen LogP contribution in [0.2, 0.25) is 0 Å². The third-order valence-electron chi connectivity index (χ3n) is 3.78. The second-order valence-corrected chi connectivity index (χ2v) is 5.65. The summed E-state index contributed by atoms with van der Waals surface area (Å²) in [7, 11) is 3.97. The lowest BCUT2D eigenvalue weighted by atomic mass is 9.82. The van der Waals surface area contributed by atoms with Gasteiger partial charge in [-0.2, -0.15) is 0 Å². The number of rotatable bonds is 6. The summed E-state index contributed by atoms with van der Waals surface area (Å²) in [4.78, 5) is 14.1. The van der Waals surface area contributed by atoms with Gasteiger partial charge in [0, 0.05) is 12.1 Å². The Kier molecular flexibility index (Phi) is 4.96. The van der Waals surface area contributed by atoms with E-state index in [9.17, 15) is 9.90 Å². The van der Waals surface area contributed by atoms with Gasteiger partial charge in [0.1, 0.15) is 0 Å². The van der Waals surface area contributed by atoms with Crippen LogP contribution in [0.5, 0.6) is 0 Å². The van der Waals surface area contributed by atoms with Gasteiger partial charge in [0.05, 0.1) is 0 Å². The van der Waals surface area contributed by atoms with Crippen molar-refractivity contribution >= 4 is 5.91 Å². The first kappa shape index (κ1) is 16.2. The first-order chi connectivity index (χ1) is 10.5. The normalized spacial score (nSPS) is 13.8. The van der Waals surface area contributed by atoms with E-state index in [0.29, 0.717) is 11.1 Å². The van der Waals surface area contributed by atoms with Crippen LogP contribution in [0.3, 0.4) is 0 Å². The molecule has 22 heavy (non-hydrogen) atoms. The lowest BCUT2D eigenvalue weighted by molar-refractivity contribution is -0.133. The van der Waals surface area contributed by atoms with Crippen LogP contribution >= 0.6 is 0 Å². The molecule has 0 heterocycles. The Balaban J connectivity index is 2.52. The van der Waals surface area contributed by atoms with Gasteiger partial charge in [0.15, 0.2) is 5.60 Å². The first-order valence-electron chi connectivity index (χ1n) is 7.27. The Morgan fingerprint density at radius 3 is 2.27 bits per heavy atom. The molecular formula is C18H22N2O2. The lowest BCUT2D eigenvalue weighted by Gasteiger charge is -2.28. The molecule has 1 atom stereocenters. The fourth-order valence-electron chi connectivity index (χ4n) is 2.55. The molecule has 3 N–H and O–H groups in total. The Hall–Kier alpha value is -2.17. The van der Waals surface area contributed by atoms with Crippen molar-refractivity contribution in [1.29, 1.82) is 0 Å². The number of hydrogen-bond donors (Lipinski definition) is 2. The standard InChI is InChI=1S/C18H22N2O2/c1-20(2)13-12-14-8-6-7-11-16(14)18(22,17(19)21)15-9-4-3-5-10-15/h3-11,22H,12-13H2,1-2H3,(H2,19,21). The number of hydrogen-bond acceptors (Lipinski definition) is 3. The largest absolute Gasteiger partial charge is 0.372 e. The molecule has 0 spiro atoms. The summed E-state index contributed by atoms with van der Waals surface area (Å²) < 4.78 is 0. The maximum atomic E-state index is 12.1. The van der Waals surface area contributed by atoms with Gasteiger partial charge in [-0.3, -0.25) is 4.79 Å². The van der Waals surface area contributed by atoms with Crippen molar-refractivity contribution in [2.24, 2.45) is 5.73 Å². The average molecular weight is 298 g/mol. The Labute approximate surface area is 131 Å². The maximum Gasteiger partial charge on any atom is 0.258 e. The topological polar surface area (TPSA) is 66.6 Å². The zero-order valence-corrected chi connectivity index (χ0v) is 13.0. The van der Waals surface area contributed by atoms with E-state index >= 15 is 0 Å². The number of likely N-dealkylation sites (N-methyl/N-ethyl adjacent to an activating group) is 1. The van der Waals surface area contributed by atoms with Crippen LogP contribution in [0, 0.1) is 0 Å². The van der Waals surface area contributed by atoms with E-state index < -0.39 is 11.5 Å². The fraction of sp³-hybridized carbons (Fsp3) is 0.278. The summed E-state index contributed by atoms with van der Waals surface area (Å²) in [6.07, 6.45) is 0.728. The molecule has 116 valence electrons. The number of carbonyl (C=O) groups is 1. The number of nitrogens with two attached hydrogens (primary N) is 1. The van der Waals surface area contributed by atoms with Crippen molar-refractivity contribution < 1.29 is 9.90 Å². The quantitative estimate of drug-likeness (QED) is 0.849. The van der Waals surface area contributed by atoms with Crippen LogP contribution in [-0.2, 0) is 16.8 Å². The van der Waals surface area contributed by atoms with Gasteiger partial charge in [-0.05, 0) is 31.6 Å². The highest BCUT2D eigenvalue weighted by atomic mass is 16.3. The van der Waals surface area contributed by atoms with Crippen molar-refractivity contribution in [2.75, 3.05) is 20.6 Å². The highest BCUT2D eigenvalue weighted by Crippen LogP contribution is 2.32. The van der Waals surface area contributed by atoms with Gasteiger partial charge in [0.2, 0.25) is 0 Å². The van der Waals surface area contributed by atoms with Gasteiger partial charge >= 0.3 is 0 Å². The maximum absolute atomic E-state index is 12.1. The summed E-state index contributed by atoms with van der Waals surface area (Å²) in [5.41, 5.74) is 5.70. The van der Waals surface area contributed by atoms with Crippen molar-refractivity contribution in [3.05, 3.63) is 71.3 Å². The fourth-order valence-corrected chi connectivity index (χ4v) is 2.55. The number of amides is 1. The summed E-state index contributed by atoms with van der Waals surface area (Å²) in [5, 5.41) is 11.1. The van der Waals surface area contributed by atoms with Crippen molar-refractivity contribution in [3.8, 4) is 0 Å². The Morgan fingerprint density at radius 2 is 1.68 bits per heavy atom. The highest BCUT2D eigenvalue weighted by molar-refractivity contribution is 5.89. The van der Waals surface area contributed by atoms with E-state index in [2.05, 4.69) is 4.90 Å². The van der Waals surface area contributed by atoms with Crippen LogP contribution in [0.25, 0.3) is 0 Å². The average Bonchev–Trinajstić information content (AvgIpc) is 2.53. The molecule has 0 aliphatic heterocycles. The summed E-state index contributed by atoms with van der Waals surface area (Å²) in [5.74, 6) is -0.768. The Bertz CT molecular complexity index is 641. The molecule has 0 aliphatic carbocycles. The van der Waals surface area contributed by atoms with Crippen LogP contribution in [0.4, 0.5) is 0 Å². The molecule has 1 amide bonds. The second-order valence-electron chi connectivity index (χ2n) is 5.65.